The SMILES string of the molecule is C=CCN(CC=C)S(=O)(=O)c1ccc(NC(=O)c2ccc(C)c(I)c2)cc1. The van der Waals surface area contributed by atoms with Crippen molar-refractivity contribution < 1.29 is 13.2 Å². The number of carbonyl (C=O) groups excluding carboxylic acids is 1. The maximum Gasteiger partial charge on any atom is 0.255 e. The lowest BCUT2D eigenvalue weighted by Crippen LogP contribution is -2.31. The predicted molar refractivity (Wildman–Crippen MR) is 117 cm³/mol. The molecule has 2 aromatic carbocycles. The molecule has 0 atom stereocenters. The summed E-state index contributed by atoms with van der Waals surface area (Å²) in [6.07, 6.45) is 3.05. The number of anilines is 1. The molecule has 0 aliphatic rings. The molecule has 0 fully saturated rings. The summed E-state index contributed by atoms with van der Waals surface area (Å²) in [7, 11) is -3.66. The van der Waals surface area contributed by atoms with E-state index < -0.39 is 10.0 Å². The van der Waals surface area contributed by atoms with Gasteiger partial charge in [0, 0.05) is 27.9 Å². The van der Waals surface area contributed by atoms with Crippen LogP contribution < -0.4 is 5.32 Å². The van der Waals surface area contributed by atoms with Gasteiger partial charge < -0.3 is 5.32 Å². The molecular formula is C20H21IN2O3S. The van der Waals surface area contributed by atoms with E-state index in [4.69, 9.17) is 0 Å². The van der Waals surface area contributed by atoms with E-state index in [1.807, 2.05) is 19.1 Å². The van der Waals surface area contributed by atoms with Gasteiger partial charge in [0.2, 0.25) is 10.0 Å². The maximum atomic E-state index is 12.7. The van der Waals surface area contributed by atoms with Crippen molar-refractivity contribution in [2.45, 2.75) is 11.8 Å². The number of amides is 1. The van der Waals surface area contributed by atoms with Crippen LogP contribution in [0.1, 0.15) is 15.9 Å². The standard InChI is InChI=1S/C20H21IN2O3S/c1-4-12-23(13-5-2)27(25,26)18-10-8-17(9-11-18)22-20(24)16-7-6-15(3)19(21)14-16/h4-11,14H,1-2,12-13H2,3H3,(H,22,24). The van der Waals surface area contributed by atoms with E-state index in [9.17, 15) is 13.2 Å². The Morgan fingerprint density at radius 3 is 2.22 bits per heavy atom. The van der Waals surface area contributed by atoms with Crippen molar-refractivity contribution in [2.24, 2.45) is 0 Å². The number of nitrogens with one attached hydrogen (secondary N) is 1. The first-order valence-corrected chi connectivity index (χ1v) is 10.7. The molecule has 2 aromatic rings. The second-order valence-corrected chi connectivity index (χ2v) is 8.94. The molecule has 0 aliphatic heterocycles. The van der Waals surface area contributed by atoms with E-state index in [1.165, 1.54) is 28.6 Å². The van der Waals surface area contributed by atoms with Gasteiger partial charge >= 0.3 is 0 Å². The minimum atomic E-state index is -3.66. The van der Waals surface area contributed by atoms with Crippen LogP contribution in [0.15, 0.2) is 72.7 Å². The van der Waals surface area contributed by atoms with Crippen molar-refractivity contribution in [3.63, 3.8) is 0 Å². The molecule has 0 saturated heterocycles. The molecular weight excluding hydrogens is 475 g/mol. The molecule has 1 amide bonds. The van der Waals surface area contributed by atoms with E-state index in [2.05, 4.69) is 41.1 Å². The maximum absolute atomic E-state index is 12.7. The Bertz CT molecular complexity index is 944. The normalized spacial score (nSPS) is 11.2. The largest absolute Gasteiger partial charge is 0.322 e. The Hall–Kier alpha value is -1.97. The van der Waals surface area contributed by atoms with Crippen LogP contribution in [0, 0.1) is 10.5 Å². The molecule has 0 saturated carbocycles. The topological polar surface area (TPSA) is 66.5 Å². The summed E-state index contributed by atoms with van der Waals surface area (Å²) >= 11 is 2.18. The summed E-state index contributed by atoms with van der Waals surface area (Å²) in [5.74, 6) is -0.247. The minimum Gasteiger partial charge on any atom is -0.322 e. The Kier molecular flexibility index (Phi) is 7.34. The van der Waals surface area contributed by atoms with Gasteiger partial charge in [-0.2, -0.15) is 4.31 Å². The number of hydrogen-bond donors (Lipinski definition) is 1. The molecule has 7 heteroatoms. The van der Waals surface area contributed by atoms with Crippen LogP contribution in [0.3, 0.4) is 0 Å². The Morgan fingerprint density at radius 2 is 1.70 bits per heavy atom. The second kappa shape index (κ2) is 9.29. The quantitative estimate of drug-likeness (QED) is 0.440. The van der Waals surface area contributed by atoms with Gasteiger partial charge in [0.1, 0.15) is 0 Å². The zero-order chi connectivity index (χ0) is 20.0. The highest BCUT2D eigenvalue weighted by molar-refractivity contribution is 14.1. The summed E-state index contributed by atoms with van der Waals surface area (Å²) in [5, 5.41) is 2.78. The predicted octanol–water partition coefficient (Wildman–Crippen LogP) is 4.21. The van der Waals surface area contributed by atoms with Gasteiger partial charge in [-0.1, -0.05) is 18.2 Å². The average molecular weight is 496 g/mol. The van der Waals surface area contributed by atoms with Crippen molar-refractivity contribution >= 4 is 44.2 Å². The minimum absolute atomic E-state index is 0.147. The molecule has 0 bridgehead atoms. The molecule has 0 unspecified atom stereocenters. The van der Waals surface area contributed by atoms with Gasteiger partial charge in [-0.25, -0.2) is 8.42 Å². The average Bonchev–Trinajstić information content (AvgIpc) is 2.64. The van der Waals surface area contributed by atoms with Crippen LogP contribution in [0.2, 0.25) is 0 Å². The smallest absolute Gasteiger partial charge is 0.255 e. The molecule has 0 heterocycles. The fraction of sp³-hybridized carbons (Fsp3) is 0.150. The van der Waals surface area contributed by atoms with E-state index in [0.717, 1.165) is 9.13 Å². The van der Waals surface area contributed by atoms with Crippen molar-refractivity contribution in [2.75, 3.05) is 18.4 Å². The highest BCUT2D eigenvalue weighted by atomic mass is 127. The van der Waals surface area contributed by atoms with Crippen LogP contribution in [-0.4, -0.2) is 31.7 Å². The van der Waals surface area contributed by atoms with Crippen LogP contribution >= 0.6 is 22.6 Å². The van der Waals surface area contributed by atoms with Crippen molar-refractivity contribution in [3.8, 4) is 0 Å². The van der Waals surface area contributed by atoms with Crippen molar-refractivity contribution in [3.05, 3.63) is 82.5 Å². The molecule has 0 spiro atoms. The lowest BCUT2D eigenvalue weighted by Gasteiger charge is -2.19. The fourth-order valence-corrected chi connectivity index (χ4v) is 4.25. The number of hydrogen-bond acceptors (Lipinski definition) is 3. The van der Waals surface area contributed by atoms with Gasteiger partial charge in [-0.05, 0) is 71.5 Å². The van der Waals surface area contributed by atoms with E-state index in [-0.39, 0.29) is 23.9 Å². The van der Waals surface area contributed by atoms with Crippen molar-refractivity contribution in [1.29, 1.82) is 0 Å². The van der Waals surface area contributed by atoms with Crippen LogP contribution in [-0.2, 0) is 10.0 Å². The third-order valence-corrected chi connectivity index (χ3v) is 6.86. The molecule has 0 aliphatic carbocycles. The highest BCUT2D eigenvalue weighted by Crippen LogP contribution is 2.20. The third-order valence-electron chi connectivity index (χ3n) is 3.85. The third kappa shape index (κ3) is 5.27. The molecule has 2 rings (SSSR count). The molecule has 5 nitrogen and oxygen atoms in total. The zero-order valence-corrected chi connectivity index (χ0v) is 18.0. The number of aryl methyl sites for hydroxylation is 1. The highest BCUT2D eigenvalue weighted by Gasteiger charge is 2.22. The molecule has 142 valence electrons. The van der Waals surface area contributed by atoms with Gasteiger partial charge in [-0.15, -0.1) is 13.2 Å². The molecule has 0 aromatic heterocycles. The summed E-state index contributed by atoms with van der Waals surface area (Å²) in [6, 6.07) is 11.6. The summed E-state index contributed by atoms with van der Waals surface area (Å²) in [4.78, 5) is 12.5. The zero-order valence-electron chi connectivity index (χ0n) is 15.0. The Labute approximate surface area is 174 Å². The second-order valence-electron chi connectivity index (χ2n) is 5.84. The number of carbonyl (C=O) groups is 1. The summed E-state index contributed by atoms with van der Waals surface area (Å²) in [6.45, 7) is 9.54. The van der Waals surface area contributed by atoms with Gasteiger partial charge in [0.05, 0.1) is 4.90 Å². The first-order valence-electron chi connectivity index (χ1n) is 8.19. The molecule has 1 N–H and O–H groups in total. The first-order chi connectivity index (χ1) is 12.8. The number of nitrogens with zero attached hydrogens (tertiary/aromatic N) is 1. The number of benzene rings is 2. The van der Waals surface area contributed by atoms with E-state index >= 15 is 0 Å². The van der Waals surface area contributed by atoms with E-state index in [0.29, 0.717) is 11.3 Å². The van der Waals surface area contributed by atoms with Crippen LogP contribution in [0.4, 0.5) is 5.69 Å². The molecule has 0 radical (unpaired) electrons. The monoisotopic (exact) mass is 496 g/mol. The van der Waals surface area contributed by atoms with Gasteiger partial charge in [0.15, 0.2) is 0 Å². The Morgan fingerprint density at radius 1 is 1.11 bits per heavy atom. The van der Waals surface area contributed by atoms with Crippen LogP contribution in [0.5, 0.6) is 0 Å². The number of halogens is 1. The van der Waals surface area contributed by atoms with E-state index in [1.54, 1.807) is 18.2 Å². The van der Waals surface area contributed by atoms with Gasteiger partial charge in [0.25, 0.3) is 5.91 Å². The molecule has 27 heavy (non-hydrogen) atoms. The fourth-order valence-electron chi connectivity index (χ4n) is 2.36. The number of sulfonamides is 1. The summed E-state index contributed by atoms with van der Waals surface area (Å²) in [5.41, 5.74) is 2.17. The van der Waals surface area contributed by atoms with Crippen LogP contribution in [0.25, 0.3) is 0 Å². The summed E-state index contributed by atoms with van der Waals surface area (Å²) < 4.78 is 27.6. The Balaban J connectivity index is 2.18. The van der Waals surface area contributed by atoms with Crippen molar-refractivity contribution in [1.82, 2.24) is 4.31 Å². The lowest BCUT2D eigenvalue weighted by molar-refractivity contribution is 0.102. The number of rotatable bonds is 8. The van der Waals surface area contributed by atoms with Gasteiger partial charge in [-0.3, -0.25) is 4.79 Å². The lowest BCUT2D eigenvalue weighted by atomic mass is 10.1. The first kappa shape index (κ1) is 21.3.